The molecule has 7 heteroatoms. The average molecular weight is 378 g/mol. The van der Waals surface area contributed by atoms with E-state index in [9.17, 15) is 4.79 Å². The van der Waals surface area contributed by atoms with Crippen molar-refractivity contribution < 1.29 is 4.79 Å². The molecule has 1 aromatic heterocycles. The molecule has 0 saturated carbocycles. The fourth-order valence-corrected chi connectivity index (χ4v) is 3.55. The predicted octanol–water partition coefficient (Wildman–Crippen LogP) is 5.17. The summed E-state index contributed by atoms with van der Waals surface area (Å²) in [4.78, 5) is 15.2. The lowest BCUT2D eigenvalue weighted by Crippen LogP contribution is -2.23. The molecular weight excluding hydrogens is 363 g/mol. The standard InChI is InChI=1S/C15H15Cl3N2OS/c1-20(9-10-5-6-13(18)22-10)8-7-14(21)19-15-11(16)3-2-4-12(15)17/h2-6H,7-9H2,1H3,(H,19,21). The third-order valence-corrected chi connectivity index (χ3v) is 4.85. The molecule has 118 valence electrons. The Bertz CT molecular complexity index is 640. The first-order valence-corrected chi connectivity index (χ1v) is 8.57. The van der Waals surface area contributed by atoms with E-state index in [0.29, 0.717) is 28.7 Å². The number of carbonyl (C=O) groups excluding carboxylic acids is 1. The number of benzene rings is 1. The highest BCUT2D eigenvalue weighted by atomic mass is 35.5. The van der Waals surface area contributed by atoms with Crippen LogP contribution in [0.1, 0.15) is 11.3 Å². The van der Waals surface area contributed by atoms with Crippen LogP contribution in [0.5, 0.6) is 0 Å². The largest absolute Gasteiger partial charge is 0.324 e. The number of carbonyl (C=O) groups is 1. The van der Waals surface area contributed by atoms with Gasteiger partial charge in [0.05, 0.1) is 20.1 Å². The first-order chi connectivity index (χ1) is 10.5. The lowest BCUT2D eigenvalue weighted by Gasteiger charge is -2.15. The molecule has 0 unspecified atom stereocenters. The van der Waals surface area contributed by atoms with E-state index in [1.54, 1.807) is 29.5 Å². The number of halogens is 3. The Labute approximate surface area is 148 Å². The van der Waals surface area contributed by atoms with Crippen molar-refractivity contribution in [3.8, 4) is 0 Å². The van der Waals surface area contributed by atoms with Gasteiger partial charge in [0.2, 0.25) is 5.91 Å². The van der Waals surface area contributed by atoms with Gasteiger partial charge < -0.3 is 10.2 Å². The molecule has 0 fully saturated rings. The van der Waals surface area contributed by atoms with Crippen LogP contribution in [-0.4, -0.2) is 24.4 Å². The van der Waals surface area contributed by atoms with Crippen molar-refractivity contribution >= 4 is 57.7 Å². The van der Waals surface area contributed by atoms with Crippen LogP contribution in [0.3, 0.4) is 0 Å². The van der Waals surface area contributed by atoms with Crippen molar-refractivity contribution in [2.75, 3.05) is 18.9 Å². The highest BCUT2D eigenvalue weighted by molar-refractivity contribution is 7.16. The smallest absolute Gasteiger partial charge is 0.225 e. The summed E-state index contributed by atoms with van der Waals surface area (Å²) >= 11 is 19.5. The highest BCUT2D eigenvalue weighted by Gasteiger charge is 2.11. The minimum absolute atomic E-state index is 0.119. The quantitative estimate of drug-likeness (QED) is 0.753. The predicted molar refractivity (Wildman–Crippen MR) is 95.4 cm³/mol. The third kappa shape index (κ3) is 5.14. The van der Waals surface area contributed by atoms with Gasteiger partial charge in [0.15, 0.2) is 0 Å². The van der Waals surface area contributed by atoms with E-state index in [0.717, 1.165) is 10.9 Å². The molecule has 1 N–H and O–H groups in total. The Morgan fingerprint density at radius 3 is 2.45 bits per heavy atom. The molecule has 1 amide bonds. The summed E-state index contributed by atoms with van der Waals surface area (Å²) in [5.41, 5.74) is 0.462. The maximum Gasteiger partial charge on any atom is 0.225 e. The van der Waals surface area contributed by atoms with E-state index in [2.05, 4.69) is 10.2 Å². The van der Waals surface area contributed by atoms with Crippen LogP contribution in [0.25, 0.3) is 0 Å². The molecule has 0 atom stereocenters. The van der Waals surface area contributed by atoms with Crippen molar-refractivity contribution in [2.45, 2.75) is 13.0 Å². The summed E-state index contributed by atoms with van der Waals surface area (Å²) < 4.78 is 0.773. The summed E-state index contributed by atoms with van der Waals surface area (Å²) in [7, 11) is 1.96. The zero-order valence-corrected chi connectivity index (χ0v) is 15.0. The van der Waals surface area contributed by atoms with Crippen molar-refractivity contribution in [3.63, 3.8) is 0 Å². The van der Waals surface area contributed by atoms with E-state index in [1.807, 2.05) is 19.2 Å². The number of nitrogens with one attached hydrogen (secondary N) is 1. The minimum atomic E-state index is -0.119. The Balaban J connectivity index is 1.82. The molecule has 0 radical (unpaired) electrons. The van der Waals surface area contributed by atoms with Crippen molar-refractivity contribution in [1.82, 2.24) is 4.90 Å². The first kappa shape index (κ1) is 17.6. The van der Waals surface area contributed by atoms with Gasteiger partial charge in [-0.15, -0.1) is 11.3 Å². The molecule has 0 saturated heterocycles. The van der Waals surface area contributed by atoms with E-state index in [4.69, 9.17) is 34.8 Å². The molecule has 1 heterocycles. The normalized spacial score (nSPS) is 11.0. The first-order valence-electron chi connectivity index (χ1n) is 6.62. The molecule has 2 aromatic rings. The van der Waals surface area contributed by atoms with E-state index in [1.165, 1.54) is 4.88 Å². The Morgan fingerprint density at radius 2 is 1.86 bits per heavy atom. The highest BCUT2D eigenvalue weighted by Crippen LogP contribution is 2.29. The maximum absolute atomic E-state index is 12.0. The SMILES string of the molecule is CN(CCC(=O)Nc1c(Cl)cccc1Cl)Cc1ccc(Cl)s1. The van der Waals surface area contributed by atoms with Crippen molar-refractivity contribution in [3.05, 3.63) is 49.6 Å². The van der Waals surface area contributed by atoms with Gasteiger partial charge in [-0.1, -0.05) is 40.9 Å². The number of anilines is 1. The number of hydrogen-bond donors (Lipinski definition) is 1. The second-order valence-electron chi connectivity index (χ2n) is 4.84. The van der Waals surface area contributed by atoms with Crippen molar-refractivity contribution in [1.29, 1.82) is 0 Å². The number of nitrogens with zero attached hydrogens (tertiary/aromatic N) is 1. The van der Waals surface area contributed by atoms with Crippen LogP contribution >= 0.6 is 46.1 Å². The number of rotatable bonds is 6. The second kappa shape index (κ2) is 8.18. The summed E-state index contributed by atoms with van der Waals surface area (Å²) in [6, 6.07) is 8.99. The van der Waals surface area contributed by atoms with Gasteiger partial charge in [-0.25, -0.2) is 0 Å². The monoisotopic (exact) mass is 376 g/mol. The Kier molecular flexibility index (Phi) is 6.53. The fourth-order valence-electron chi connectivity index (χ4n) is 1.89. The van der Waals surface area contributed by atoms with E-state index >= 15 is 0 Å². The van der Waals surface area contributed by atoms with Crippen LogP contribution in [0.15, 0.2) is 30.3 Å². The van der Waals surface area contributed by atoms with Crippen molar-refractivity contribution in [2.24, 2.45) is 0 Å². The van der Waals surface area contributed by atoms with E-state index < -0.39 is 0 Å². The van der Waals surface area contributed by atoms with Gasteiger partial charge in [0, 0.05) is 24.4 Å². The van der Waals surface area contributed by atoms with Crippen LogP contribution in [0.4, 0.5) is 5.69 Å². The van der Waals surface area contributed by atoms with Crippen LogP contribution in [0, 0.1) is 0 Å². The molecule has 22 heavy (non-hydrogen) atoms. The average Bonchev–Trinajstić information content (AvgIpc) is 2.86. The lowest BCUT2D eigenvalue weighted by atomic mass is 10.3. The zero-order chi connectivity index (χ0) is 16.1. The molecule has 0 aliphatic carbocycles. The molecule has 3 nitrogen and oxygen atoms in total. The summed E-state index contributed by atoms with van der Waals surface area (Å²) in [5.74, 6) is -0.119. The molecule has 0 spiro atoms. The van der Waals surface area contributed by atoms with E-state index in [-0.39, 0.29) is 5.91 Å². The summed E-state index contributed by atoms with van der Waals surface area (Å²) in [5, 5.41) is 3.62. The Hall–Kier alpha value is -0.780. The minimum Gasteiger partial charge on any atom is -0.324 e. The van der Waals surface area contributed by atoms with Gasteiger partial charge in [-0.2, -0.15) is 0 Å². The van der Waals surface area contributed by atoms with Crippen LogP contribution in [-0.2, 0) is 11.3 Å². The lowest BCUT2D eigenvalue weighted by molar-refractivity contribution is -0.116. The fraction of sp³-hybridized carbons (Fsp3) is 0.267. The van der Waals surface area contributed by atoms with Gasteiger partial charge in [0.1, 0.15) is 0 Å². The van der Waals surface area contributed by atoms with Crippen LogP contribution < -0.4 is 5.32 Å². The summed E-state index contributed by atoms with van der Waals surface area (Å²) in [6.45, 7) is 1.39. The van der Waals surface area contributed by atoms with Gasteiger partial charge >= 0.3 is 0 Å². The molecule has 0 aliphatic rings. The molecule has 0 bridgehead atoms. The van der Waals surface area contributed by atoms with Gasteiger partial charge in [-0.3, -0.25) is 4.79 Å². The Morgan fingerprint density at radius 1 is 1.18 bits per heavy atom. The number of thiophene rings is 1. The number of para-hydroxylation sites is 1. The summed E-state index contributed by atoms with van der Waals surface area (Å²) in [6.07, 6.45) is 0.358. The number of hydrogen-bond acceptors (Lipinski definition) is 3. The second-order valence-corrected chi connectivity index (χ2v) is 7.45. The third-order valence-electron chi connectivity index (χ3n) is 3.00. The maximum atomic E-state index is 12.0. The molecule has 0 aliphatic heterocycles. The molecule has 1 aromatic carbocycles. The van der Waals surface area contributed by atoms with Gasteiger partial charge in [-0.05, 0) is 31.3 Å². The van der Waals surface area contributed by atoms with Gasteiger partial charge in [0.25, 0.3) is 0 Å². The van der Waals surface area contributed by atoms with Crippen LogP contribution in [0.2, 0.25) is 14.4 Å². The topological polar surface area (TPSA) is 32.3 Å². The zero-order valence-electron chi connectivity index (χ0n) is 11.9. The number of amides is 1. The molecular formula is C15H15Cl3N2OS. The molecule has 2 rings (SSSR count).